The molecule has 0 unspecified atom stereocenters. The van der Waals surface area contributed by atoms with Gasteiger partial charge in [-0.05, 0) is 85.9 Å². The molecule has 2 aliphatic rings. The Bertz CT molecular complexity index is 1390. The number of rotatable bonds is 6. The molecule has 3 N–H and O–H groups in total. The maximum Gasteiger partial charge on any atom is 0.239 e. The zero-order chi connectivity index (χ0) is 24.3. The molecule has 2 aliphatic heterocycles. The van der Waals surface area contributed by atoms with E-state index in [0.717, 1.165) is 79.1 Å². The van der Waals surface area contributed by atoms with E-state index >= 15 is 0 Å². The maximum atomic E-state index is 12.6. The fourth-order valence-electron chi connectivity index (χ4n) is 5.16. The number of piperidine rings is 1. The highest BCUT2D eigenvalue weighted by Crippen LogP contribution is 2.37. The Morgan fingerprint density at radius 1 is 1.03 bits per heavy atom. The van der Waals surface area contributed by atoms with Crippen molar-refractivity contribution in [3.63, 3.8) is 0 Å². The summed E-state index contributed by atoms with van der Waals surface area (Å²) in [5, 5.41) is 7.28. The average molecular weight is 483 g/mol. The molecule has 4 aromatic rings. The van der Waals surface area contributed by atoms with Gasteiger partial charge in [0, 0.05) is 30.7 Å². The average Bonchev–Trinajstić information content (AvgIpc) is 3.35. The van der Waals surface area contributed by atoms with Gasteiger partial charge in [-0.15, -0.1) is 0 Å². The van der Waals surface area contributed by atoms with Crippen LogP contribution in [0.5, 0.6) is 11.5 Å². The minimum Gasteiger partial charge on any atom is -0.457 e. The number of benzene rings is 1. The van der Waals surface area contributed by atoms with Gasteiger partial charge >= 0.3 is 0 Å². The van der Waals surface area contributed by atoms with E-state index in [1.54, 1.807) is 12.4 Å². The molecule has 0 atom stereocenters. The smallest absolute Gasteiger partial charge is 0.239 e. The van der Waals surface area contributed by atoms with Gasteiger partial charge in [0.15, 0.2) is 0 Å². The third-order valence-electron chi connectivity index (χ3n) is 6.98. The maximum absolute atomic E-state index is 12.6. The van der Waals surface area contributed by atoms with Crippen LogP contribution in [0.3, 0.4) is 0 Å². The Morgan fingerprint density at radius 2 is 1.92 bits per heavy atom. The topological polar surface area (TPSA) is 95.2 Å². The quantitative estimate of drug-likeness (QED) is 0.375. The third-order valence-corrected chi connectivity index (χ3v) is 6.98. The van der Waals surface area contributed by atoms with Gasteiger partial charge in [0.2, 0.25) is 5.91 Å². The van der Waals surface area contributed by atoms with Crippen LogP contribution >= 0.6 is 0 Å². The number of amides is 1. The SMILES string of the molecule is O=C(CN1CCCCC1)Nc1cc(-c2c[nH]c3nccc(Oc4ccc5c(c4)CNCC5)c23)ccn1. The lowest BCUT2D eigenvalue weighted by molar-refractivity contribution is -0.117. The Kier molecular flexibility index (Phi) is 6.36. The monoisotopic (exact) mass is 482 g/mol. The Hall–Kier alpha value is -3.75. The molecule has 0 radical (unpaired) electrons. The summed E-state index contributed by atoms with van der Waals surface area (Å²) in [4.78, 5) is 27.0. The van der Waals surface area contributed by atoms with Gasteiger partial charge in [0.05, 0.1) is 11.9 Å². The number of nitrogens with one attached hydrogen (secondary N) is 3. The summed E-state index contributed by atoms with van der Waals surface area (Å²) in [6, 6.07) is 12.0. The standard InChI is InChI=1S/C28H30N6O2/c35-26(18-34-12-2-1-3-13-34)33-25-15-20(7-10-30-25)23-17-32-28-27(23)24(8-11-31-28)36-22-5-4-19-6-9-29-16-21(19)14-22/h4-5,7-8,10-11,14-15,17,29H,1-3,6,9,12-13,16,18H2,(H,31,32)(H,30,33,35). The highest BCUT2D eigenvalue weighted by molar-refractivity contribution is 5.99. The van der Waals surface area contributed by atoms with E-state index in [0.29, 0.717) is 12.4 Å². The van der Waals surface area contributed by atoms with Crippen molar-refractivity contribution in [1.82, 2.24) is 25.2 Å². The molecule has 1 saturated heterocycles. The van der Waals surface area contributed by atoms with Crippen LogP contribution in [0.2, 0.25) is 0 Å². The molecule has 36 heavy (non-hydrogen) atoms. The number of aromatic amines is 1. The van der Waals surface area contributed by atoms with Crippen LogP contribution < -0.4 is 15.4 Å². The summed E-state index contributed by atoms with van der Waals surface area (Å²) in [5.41, 5.74) is 5.26. The van der Waals surface area contributed by atoms with E-state index in [2.05, 4.69) is 42.6 Å². The molecular formula is C28H30N6O2. The lowest BCUT2D eigenvalue weighted by atomic mass is 10.0. The van der Waals surface area contributed by atoms with E-state index in [9.17, 15) is 4.79 Å². The molecule has 184 valence electrons. The number of aromatic nitrogens is 3. The minimum absolute atomic E-state index is 0.0342. The summed E-state index contributed by atoms with van der Waals surface area (Å²) in [5.74, 6) is 2.04. The molecule has 0 saturated carbocycles. The van der Waals surface area contributed by atoms with Gasteiger partial charge in [0.1, 0.15) is 23.0 Å². The van der Waals surface area contributed by atoms with Gasteiger partial charge in [-0.2, -0.15) is 0 Å². The highest BCUT2D eigenvalue weighted by Gasteiger charge is 2.17. The molecule has 0 spiro atoms. The first-order valence-corrected chi connectivity index (χ1v) is 12.7. The molecule has 0 bridgehead atoms. The van der Waals surface area contributed by atoms with Gasteiger partial charge in [-0.25, -0.2) is 9.97 Å². The number of anilines is 1. The third kappa shape index (κ3) is 4.82. The van der Waals surface area contributed by atoms with Crippen LogP contribution in [-0.4, -0.2) is 51.9 Å². The first-order valence-electron chi connectivity index (χ1n) is 12.7. The van der Waals surface area contributed by atoms with Crippen LogP contribution in [0.4, 0.5) is 5.82 Å². The number of nitrogens with zero attached hydrogens (tertiary/aromatic N) is 3. The predicted octanol–water partition coefficient (Wildman–Crippen LogP) is 4.49. The molecule has 6 rings (SSSR count). The Labute approximate surface area is 210 Å². The fraction of sp³-hybridized carbons (Fsp3) is 0.321. The van der Waals surface area contributed by atoms with Crippen molar-refractivity contribution in [2.75, 3.05) is 31.5 Å². The molecular weight excluding hydrogens is 452 g/mol. The zero-order valence-corrected chi connectivity index (χ0v) is 20.2. The van der Waals surface area contributed by atoms with Crippen molar-refractivity contribution in [3.05, 3.63) is 66.1 Å². The van der Waals surface area contributed by atoms with Crippen molar-refractivity contribution in [1.29, 1.82) is 0 Å². The Balaban J connectivity index is 1.26. The Morgan fingerprint density at radius 3 is 2.83 bits per heavy atom. The number of fused-ring (bicyclic) bond motifs is 2. The largest absolute Gasteiger partial charge is 0.457 e. The second-order valence-electron chi connectivity index (χ2n) is 9.51. The van der Waals surface area contributed by atoms with Crippen LogP contribution in [0, 0.1) is 0 Å². The highest BCUT2D eigenvalue weighted by atomic mass is 16.5. The van der Waals surface area contributed by atoms with Crippen LogP contribution in [0.15, 0.2) is 55.0 Å². The van der Waals surface area contributed by atoms with Crippen molar-refractivity contribution in [2.45, 2.75) is 32.2 Å². The molecule has 1 amide bonds. The van der Waals surface area contributed by atoms with Crippen LogP contribution in [0.1, 0.15) is 30.4 Å². The second kappa shape index (κ2) is 10.1. The number of likely N-dealkylation sites (tertiary alicyclic amines) is 1. The van der Waals surface area contributed by atoms with Crippen LogP contribution in [0.25, 0.3) is 22.2 Å². The molecule has 8 heteroatoms. The molecule has 3 aromatic heterocycles. The second-order valence-corrected chi connectivity index (χ2v) is 9.51. The van der Waals surface area contributed by atoms with E-state index in [1.165, 1.54) is 17.5 Å². The molecule has 0 aliphatic carbocycles. The number of hydrogen-bond acceptors (Lipinski definition) is 6. The summed E-state index contributed by atoms with van der Waals surface area (Å²) in [7, 11) is 0. The van der Waals surface area contributed by atoms with Crippen molar-refractivity contribution < 1.29 is 9.53 Å². The molecule has 1 aromatic carbocycles. The minimum atomic E-state index is -0.0342. The van der Waals surface area contributed by atoms with E-state index in [4.69, 9.17) is 4.74 Å². The number of ether oxygens (including phenoxy) is 1. The summed E-state index contributed by atoms with van der Waals surface area (Å²) < 4.78 is 6.38. The summed E-state index contributed by atoms with van der Waals surface area (Å²) in [6.45, 7) is 4.23. The molecule has 5 heterocycles. The number of carbonyl (C=O) groups excluding carboxylic acids is 1. The lowest BCUT2D eigenvalue weighted by Gasteiger charge is -2.25. The van der Waals surface area contributed by atoms with Crippen molar-refractivity contribution >= 4 is 22.8 Å². The van der Waals surface area contributed by atoms with Crippen molar-refractivity contribution in [2.24, 2.45) is 0 Å². The number of pyridine rings is 2. The summed E-state index contributed by atoms with van der Waals surface area (Å²) in [6.07, 6.45) is 9.99. The van der Waals surface area contributed by atoms with E-state index in [1.807, 2.05) is 30.5 Å². The zero-order valence-electron chi connectivity index (χ0n) is 20.2. The normalized spacial score (nSPS) is 16.0. The van der Waals surface area contributed by atoms with Gasteiger partial charge in [0.25, 0.3) is 0 Å². The fourth-order valence-corrected chi connectivity index (χ4v) is 5.16. The van der Waals surface area contributed by atoms with Crippen LogP contribution in [-0.2, 0) is 17.8 Å². The first kappa shape index (κ1) is 22.7. The number of carbonyl (C=O) groups is 1. The summed E-state index contributed by atoms with van der Waals surface area (Å²) >= 11 is 0. The molecule has 1 fully saturated rings. The van der Waals surface area contributed by atoms with E-state index in [-0.39, 0.29) is 5.91 Å². The van der Waals surface area contributed by atoms with Crippen molar-refractivity contribution in [3.8, 4) is 22.6 Å². The first-order chi connectivity index (χ1) is 17.7. The lowest BCUT2D eigenvalue weighted by Crippen LogP contribution is -2.36. The van der Waals surface area contributed by atoms with E-state index < -0.39 is 0 Å². The number of hydrogen-bond donors (Lipinski definition) is 3. The van der Waals surface area contributed by atoms with Gasteiger partial charge < -0.3 is 20.4 Å². The number of H-pyrrole nitrogens is 1. The molecule has 8 nitrogen and oxygen atoms in total. The predicted molar refractivity (Wildman–Crippen MR) is 140 cm³/mol. The van der Waals surface area contributed by atoms with Gasteiger partial charge in [-0.3, -0.25) is 9.69 Å². The van der Waals surface area contributed by atoms with Gasteiger partial charge in [-0.1, -0.05) is 12.5 Å².